The largest absolute Gasteiger partial charge is 0.486 e. The molecule has 0 saturated carbocycles. The minimum Gasteiger partial charge on any atom is -0.486 e. The fourth-order valence-electron chi connectivity index (χ4n) is 1.84. The molecule has 0 saturated heterocycles. The van der Waals surface area contributed by atoms with Crippen molar-refractivity contribution in [3.05, 3.63) is 36.9 Å². The molecular formula is C14H18N2O2S. The van der Waals surface area contributed by atoms with Crippen LogP contribution in [0, 0.1) is 0 Å². The summed E-state index contributed by atoms with van der Waals surface area (Å²) in [5.74, 6) is 1.59. The summed E-state index contributed by atoms with van der Waals surface area (Å²) in [5.41, 5.74) is 0. The van der Waals surface area contributed by atoms with Crippen molar-refractivity contribution in [2.24, 2.45) is 0 Å². The molecule has 102 valence electrons. The molecule has 1 aliphatic heterocycles. The molecular weight excluding hydrogens is 260 g/mol. The highest BCUT2D eigenvalue weighted by Crippen LogP contribution is 2.30. The van der Waals surface area contributed by atoms with Crippen molar-refractivity contribution < 1.29 is 9.47 Å². The number of nitrogens with one attached hydrogen (secondary N) is 1. The quantitative estimate of drug-likeness (QED) is 0.671. The maximum absolute atomic E-state index is 5.88. The van der Waals surface area contributed by atoms with E-state index in [1.807, 2.05) is 36.2 Å². The number of fused-ring (bicyclic) bond motifs is 1. The van der Waals surface area contributed by atoms with E-state index < -0.39 is 0 Å². The number of benzene rings is 1. The van der Waals surface area contributed by atoms with Crippen LogP contribution in [0.1, 0.15) is 0 Å². The van der Waals surface area contributed by atoms with Crippen LogP contribution < -0.4 is 14.8 Å². The fourth-order valence-corrected chi connectivity index (χ4v) is 1.99. The summed E-state index contributed by atoms with van der Waals surface area (Å²) >= 11 is 5.26. The Kier molecular flexibility index (Phi) is 4.63. The molecule has 1 aliphatic rings. The van der Waals surface area contributed by atoms with Gasteiger partial charge in [-0.2, -0.15) is 0 Å². The van der Waals surface area contributed by atoms with Crippen LogP contribution in [0.2, 0.25) is 0 Å². The van der Waals surface area contributed by atoms with Gasteiger partial charge in [-0.1, -0.05) is 18.2 Å². The minimum atomic E-state index is -0.0246. The van der Waals surface area contributed by atoms with Gasteiger partial charge in [0.2, 0.25) is 0 Å². The van der Waals surface area contributed by atoms with E-state index in [4.69, 9.17) is 21.7 Å². The van der Waals surface area contributed by atoms with Gasteiger partial charge in [-0.3, -0.25) is 0 Å². The van der Waals surface area contributed by atoms with Crippen LogP contribution in [0.3, 0.4) is 0 Å². The van der Waals surface area contributed by atoms with Gasteiger partial charge in [0.25, 0.3) is 0 Å². The minimum absolute atomic E-state index is 0.0246. The first-order valence-corrected chi connectivity index (χ1v) is 6.60. The molecule has 19 heavy (non-hydrogen) atoms. The van der Waals surface area contributed by atoms with Gasteiger partial charge in [0.1, 0.15) is 6.61 Å². The Balaban J connectivity index is 1.88. The zero-order chi connectivity index (χ0) is 13.7. The predicted octanol–water partition coefficient (Wildman–Crippen LogP) is 1.82. The molecule has 0 bridgehead atoms. The van der Waals surface area contributed by atoms with Crippen molar-refractivity contribution in [3.8, 4) is 11.5 Å². The maximum Gasteiger partial charge on any atom is 0.169 e. The van der Waals surface area contributed by atoms with E-state index in [1.165, 1.54) is 0 Å². The molecule has 5 heteroatoms. The molecule has 0 spiro atoms. The van der Waals surface area contributed by atoms with E-state index in [2.05, 4.69) is 11.9 Å². The first-order chi connectivity index (χ1) is 9.20. The summed E-state index contributed by atoms with van der Waals surface area (Å²) in [5, 5.41) is 3.77. The summed E-state index contributed by atoms with van der Waals surface area (Å²) in [6.07, 6.45) is 1.75. The summed E-state index contributed by atoms with van der Waals surface area (Å²) in [6.45, 7) is 5.52. The normalized spacial score (nSPS) is 16.6. The Bertz CT molecular complexity index is 465. The summed E-state index contributed by atoms with van der Waals surface area (Å²) in [7, 11) is 1.93. The van der Waals surface area contributed by atoms with Gasteiger partial charge in [-0.05, 0) is 24.4 Å². The molecule has 0 amide bonds. The summed E-state index contributed by atoms with van der Waals surface area (Å²) < 4.78 is 11.5. The molecule has 0 radical (unpaired) electrons. The second-order valence-corrected chi connectivity index (χ2v) is 4.74. The molecule has 1 aromatic carbocycles. The average Bonchev–Trinajstić information content (AvgIpc) is 2.44. The molecule has 0 aliphatic carbocycles. The van der Waals surface area contributed by atoms with Crippen molar-refractivity contribution in [2.45, 2.75) is 6.10 Å². The van der Waals surface area contributed by atoms with Crippen LogP contribution in [0.15, 0.2) is 36.9 Å². The lowest BCUT2D eigenvalue weighted by molar-refractivity contribution is 0.0779. The lowest BCUT2D eigenvalue weighted by atomic mass is 10.2. The SMILES string of the molecule is C=CCNC(=S)N(C)C[C@@H]1COc2ccccc2O1. The van der Waals surface area contributed by atoms with Gasteiger partial charge in [0.05, 0.1) is 6.54 Å². The molecule has 2 rings (SSSR count). The van der Waals surface area contributed by atoms with E-state index >= 15 is 0 Å². The number of hydrogen-bond donors (Lipinski definition) is 1. The Morgan fingerprint density at radius 1 is 1.53 bits per heavy atom. The maximum atomic E-state index is 5.88. The van der Waals surface area contributed by atoms with E-state index in [9.17, 15) is 0 Å². The zero-order valence-corrected chi connectivity index (χ0v) is 11.8. The Morgan fingerprint density at radius 3 is 3.00 bits per heavy atom. The highest BCUT2D eigenvalue weighted by molar-refractivity contribution is 7.80. The topological polar surface area (TPSA) is 33.7 Å². The molecule has 1 aromatic rings. The molecule has 1 atom stereocenters. The summed E-state index contributed by atoms with van der Waals surface area (Å²) in [4.78, 5) is 1.95. The fraction of sp³-hybridized carbons (Fsp3) is 0.357. The van der Waals surface area contributed by atoms with Gasteiger partial charge >= 0.3 is 0 Å². The van der Waals surface area contributed by atoms with Gasteiger partial charge < -0.3 is 19.7 Å². The molecule has 1 heterocycles. The van der Waals surface area contributed by atoms with E-state index in [0.29, 0.717) is 24.8 Å². The van der Waals surface area contributed by atoms with Crippen molar-refractivity contribution in [1.82, 2.24) is 10.2 Å². The standard InChI is InChI=1S/C14H18N2O2S/c1-3-8-15-14(19)16(2)9-11-10-17-12-6-4-5-7-13(12)18-11/h3-7,11H,1,8-10H2,2H3,(H,15,19)/t11-/m1/s1. The third kappa shape index (κ3) is 3.61. The molecule has 0 unspecified atom stereocenters. The highest BCUT2D eigenvalue weighted by atomic mass is 32.1. The second-order valence-electron chi connectivity index (χ2n) is 4.35. The monoisotopic (exact) mass is 278 g/mol. The van der Waals surface area contributed by atoms with Gasteiger partial charge in [0.15, 0.2) is 22.7 Å². The Hall–Kier alpha value is -1.75. The van der Waals surface area contributed by atoms with Crippen molar-refractivity contribution in [3.63, 3.8) is 0 Å². The zero-order valence-electron chi connectivity index (χ0n) is 11.0. The third-order valence-electron chi connectivity index (χ3n) is 2.79. The molecule has 0 fully saturated rings. The van der Waals surface area contributed by atoms with Crippen molar-refractivity contribution in [1.29, 1.82) is 0 Å². The van der Waals surface area contributed by atoms with Crippen molar-refractivity contribution in [2.75, 3.05) is 26.7 Å². The van der Waals surface area contributed by atoms with Gasteiger partial charge in [-0.15, -0.1) is 6.58 Å². The van der Waals surface area contributed by atoms with Crippen LogP contribution >= 0.6 is 12.2 Å². The molecule has 4 nitrogen and oxygen atoms in total. The predicted molar refractivity (Wildman–Crippen MR) is 79.8 cm³/mol. The van der Waals surface area contributed by atoms with E-state index in [1.54, 1.807) is 6.08 Å². The van der Waals surface area contributed by atoms with E-state index in [0.717, 1.165) is 11.5 Å². The first kappa shape index (κ1) is 13.7. The van der Waals surface area contributed by atoms with Crippen molar-refractivity contribution >= 4 is 17.3 Å². The van der Waals surface area contributed by atoms with Gasteiger partial charge in [-0.25, -0.2) is 0 Å². The number of hydrogen-bond acceptors (Lipinski definition) is 3. The Labute approximate surface area is 119 Å². The lowest BCUT2D eigenvalue weighted by Gasteiger charge is -2.30. The molecule has 0 aromatic heterocycles. The van der Waals surface area contributed by atoms with Gasteiger partial charge in [0, 0.05) is 13.6 Å². The van der Waals surface area contributed by atoms with Crippen LogP contribution in [0.25, 0.3) is 0 Å². The third-order valence-corrected chi connectivity index (χ3v) is 3.25. The smallest absolute Gasteiger partial charge is 0.169 e. The number of thiocarbonyl (C=S) groups is 1. The van der Waals surface area contributed by atoms with Crippen LogP contribution in [-0.2, 0) is 0 Å². The molecule has 1 N–H and O–H groups in total. The number of para-hydroxylation sites is 2. The van der Waals surface area contributed by atoms with Crippen LogP contribution in [-0.4, -0.2) is 42.9 Å². The second kappa shape index (κ2) is 6.43. The van der Waals surface area contributed by atoms with Crippen LogP contribution in [0.4, 0.5) is 0 Å². The number of rotatable bonds is 4. The number of ether oxygens (including phenoxy) is 2. The number of nitrogens with zero attached hydrogens (tertiary/aromatic N) is 1. The van der Waals surface area contributed by atoms with Crippen LogP contribution in [0.5, 0.6) is 11.5 Å². The number of likely N-dealkylation sites (N-methyl/N-ethyl adjacent to an activating group) is 1. The highest BCUT2D eigenvalue weighted by Gasteiger charge is 2.22. The summed E-state index contributed by atoms with van der Waals surface area (Å²) in [6, 6.07) is 7.69. The average molecular weight is 278 g/mol. The Morgan fingerprint density at radius 2 is 2.26 bits per heavy atom. The van der Waals surface area contributed by atoms with E-state index in [-0.39, 0.29) is 6.10 Å². The lowest BCUT2D eigenvalue weighted by Crippen LogP contribution is -2.45. The first-order valence-electron chi connectivity index (χ1n) is 6.19.